The Kier molecular flexibility index (Phi) is 8.63. The molecule has 2 aliphatic rings. The minimum absolute atomic E-state index is 0.0203. The molecule has 0 bridgehead atoms. The van der Waals surface area contributed by atoms with E-state index < -0.39 is 48.7 Å². The molecule has 0 aromatic heterocycles. The molecule has 0 aliphatic carbocycles. The first-order chi connectivity index (χ1) is 18.9. The highest BCUT2D eigenvalue weighted by atomic mass is 32.2. The summed E-state index contributed by atoms with van der Waals surface area (Å²) in [6.45, 7) is -0.892. The van der Waals surface area contributed by atoms with Gasteiger partial charge >= 0.3 is 11.9 Å². The molecule has 12 nitrogen and oxygen atoms in total. The van der Waals surface area contributed by atoms with Crippen molar-refractivity contribution in [3.63, 3.8) is 0 Å². The number of carboxylic acids is 2. The van der Waals surface area contributed by atoms with E-state index in [1.165, 1.54) is 48.5 Å². The fraction of sp³-hybridized carbons (Fsp3) is 0.0833. The summed E-state index contributed by atoms with van der Waals surface area (Å²) in [5, 5.41) is 23.0. The highest BCUT2D eigenvalue weighted by Crippen LogP contribution is 2.42. The number of amides is 4. The molecule has 0 spiro atoms. The number of nitrogens with zero attached hydrogens (tertiary/aromatic N) is 2. The number of anilines is 2. The van der Waals surface area contributed by atoms with Crippen LogP contribution >= 0.6 is 48.0 Å². The van der Waals surface area contributed by atoms with Crippen LogP contribution in [0.25, 0.3) is 0 Å². The maximum atomic E-state index is 13.1. The predicted octanol–water partition coefficient (Wildman–Crippen LogP) is 2.59. The van der Waals surface area contributed by atoms with Crippen molar-refractivity contribution in [3.8, 4) is 0 Å². The van der Waals surface area contributed by atoms with E-state index in [-0.39, 0.29) is 29.6 Å². The van der Waals surface area contributed by atoms with E-state index in [9.17, 15) is 28.8 Å². The highest BCUT2D eigenvalue weighted by Gasteiger charge is 2.43. The second-order valence-corrected chi connectivity index (χ2v) is 11.3. The van der Waals surface area contributed by atoms with Crippen LogP contribution in [0.5, 0.6) is 0 Å². The molecule has 16 heteroatoms. The van der Waals surface area contributed by atoms with Crippen LogP contribution in [0.15, 0.2) is 58.3 Å². The zero-order chi connectivity index (χ0) is 29.1. The molecule has 2 aromatic carbocycles. The Labute approximate surface area is 244 Å². The highest BCUT2D eigenvalue weighted by molar-refractivity contribution is 8.29. The Morgan fingerprint density at radius 1 is 0.650 bits per heavy atom. The van der Waals surface area contributed by atoms with Gasteiger partial charge in [-0.15, -0.1) is 0 Å². The molecule has 2 fully saturated rings. The van der Waals surface area contributed by atoms with Gasteiger partial charge in [0, 0.05) is 11.4 Å². The van der Waals surface area contributed by atoms with Crippen LogP contribution in [0.4, 0.5) is 11.4 Å². The van der Waals surface area contributed by atoms with Gasteiger partial charge in [0.1, 0.15) is 21.7 Å². The lowest BCUT2D eigenvalue weighted by molar-refractivity contribution is -0.127. The maximum Gasteiger partial charge on any atom is 0.335 e. The number of carbonyl (C=O) groups is 6. The third-order valence-corrected chi connectivity index (χ3v) is 8.36. The minimum Gasteiger partial charge on any atom is -0.478 e. The van der Waals surface area contributed by atoms with Gasteiger partial charge in [0.25, 0.3) is 11.8 Å². The average Bonchev–Trinajstić information content (AvgIpc) is 3.33. The number of hydrogen-bond donors (Lipinski definition) is 4. The third kappa shape index (κ3) is 6.36. The molecule has 4 N–H and O–H groups in total. The second-order valence-electron chi connectivity index (χ2n) is 8.04. The van der Waals surface area contributed by atoms with E-state index in [1.54, 1.807) is 0 Å². The molecule has 0 atom stereocenters. The summed E-state index contributed by atoms with van der Waals surface area (Å²) in [5.74, 6) is -4.77. The number of benzene rings is 2. The van der Waals surface area contributed by atoms with Gasteiger partial charge in [-0.1, -0.05) is 48.0 Å². The Morgan fingerprint density at radius 3 is 1.27 bits per heavy atom. The molecule has 0 radical (unpaired) electrons. The topological polar surface area (TPSA) is 173 Å². The minimum atomic E-state index is -1.12. The van der Waals surface area contributed by atoms with Crippen molar-refractivity contribution in [2.45, 2.75) is 0 Å². The summed E-state index contributed by atoms with van der Waals surface area (Å²) >= 11 is 12.2. The summed E-state index contributed by atoms with van der Waals surface area (Å²) in [5.41, 5.74) is 0.716. The quantitative estimate of drug-likeness (QED) is 0.253. The largest absolute Gasteiger partial charge is 0.478 e. The van der Waals surface area contributed by atoms with Gasteiger partial charge in [0.15, 0.2) is 0 Å². The predicted molar refractivity (Wildman–Crippen MR) is 155 cm³/mol. The van der Waals surface area contributed by atoms with Crippen molar-refractivity contribution < 1.29 is 39.0 Å². The molecule has 40 heavy (non-hydrogen) atoms. The number of aromatic carboxylic acids is 2. The van der Waals surface area contributed by atoms with Crippen LogP contribution in [-0.2, 0) is 19.2 Å². The van der Waals surface area contributed by atoms with Crippen molar-refractivity contribution in [2.75, 3.05) is 23.7 Å². The van der Waals surface area contributed by atoms with Gasteiger partial charge < -0.3 is 20.8 Å². The number of carbonyl (C=O) groups excluding carboxylic acids is 4. The molecule has 4 rings (SSSR count). The third-order valence-electron chi connectivity index (χ3n) is 5.34. The fourth-order valence-corrected chi connectivity index (χ4v) is 6.09. The number of carboxylic acid groups (broad SMARTS) is 2. The smallest absolute Gasteiger partial charge is 0.335 e. The normalized spacial score (nSPS) is 16.9. The lowest BCUT2D eigenvalue weighted by atomic mass is 10.2. The fourth-order valence-electron chi connectivity index (χ4n) is 3.42. The van der Waals surface area contributed by atoms with Crippen molar-refractivity contribution in [2.24, 2.45) is 0 Å². The zero-order valence-corrected chi connectivity index (χ0v) is 23.2. The van der Waals surface area contributed by atoms with E-state index in [2.05, 4.69) is 10.6 Å². The van der Waals surface area contributed by atoms with E-state index >= 15 is 0 Å². The first-order valence-electron chi connectivity index (χ1n) is 11.0. The Bertz CT molecular complexity index is 1410. The van der Waals surface area contributed by atoms with E-state index in [1.807, 2.05) is 0 Å². The Balaban J connectivity index is 1.40. The van der Waals surface area contributed by atoms with Crippen LogP contribution in [-0.4, -0.2) is 77.3 Å². The molecule has 2 heterocycles. The first-order valence-corrected chi connectivity index (χ1v) is 13.5. The number of rotatable bonds is 8. The van der Waals surface area contributed by atoms with Gasteiger partial charge in [-0.05, 0) is 48.5 Å². The number of hydrogen-bond acceptors (Lipinski definition) is 10. The molecule has 204 valence electrons. The lowest BCUT2D eigenvalue weighted by Gasteiger charge is -2.15. The summed E-state index contributed by atoms with van der Waals surface area (Å²) in [6.07, 6.45) is 0. The lowest BCUT2D eigenvalue weighted by Crippen LogP contribution is -2.37. The van der Waals surface area contributed by atoms with E-state index in [0.29, 0.717) is 11.4 Å². The van der Waals surface area contributed by atoms with Crippen molar-refractivity contribution in [1.29, 1.82) is 0 Å². The second kappa shape index (κ2) is 12.0. The van der Waals surface area contributed by atoms with Gasteiger partial charge in [0.05, 0.1) is 20.9 Å². The van der Waals surface area contributed by atoms with Crippen LogP contribution in [0, 0.1) is 0 Å². The van der Waals surface area contributed by atoms with Gasteiger partial charge in [-0.3, -0.25) is 29.0 Å². The summed E-state index contributed by atoms with van der Waals surface area (Å²) < 4.78 is 0.0911. The Hall–Kier alpha value is -4.12. The Morgan fingerprint density at radius 2 is 0.975 bits per heavy atom. The molecule has 0 unspecified atom stereocenters. The van der Waals surface area contributed by atoms with Gasteiger partial charge in [-0.2, -0.15) is 0 Å². The van der Waals surface area contributed by atoms with E-state index in [0.717, 1.165) is 33.3 Å². The van der Waals surface area contributed by atoms with Gasteiger partial charge in [-0.25, -0.2) is 9.59 Å². The summed E-state index contributed by atoms with van der Waals surface area (Å²) in [6, 6.07) is 10.9. The molecule has 2 saturated heterocycles. The molecule has 4 amide bonds. The van der Waals surface area contributed by atoms with Crippen LogP contribution < -0.4 is 10.6 Å². The van der Waals surface area contributed by atoms with Gasteiger partial charge in [0.2, 0.25) is 11.8 Å². The monoisotopic (exact) mass is 616 g/mol. The maximum absolute atomic E-state index is 13.1. The number of nitrogens with one attached hydrogen (secondary N) is 2. The molecule has 2 aliphatic heterocycles. The summed E-state index contributed by atoms with van der Waals surface area (Å²) in [7, 11) is 0. The molecular weight excluding hydrogens is 601 g/mol. The molecule has 2 aromatic rings. The standard InChI is InChI=1S/C24H16N4O8S4/c29-15(25-13-5-1-11(2-6-13)21(33)34)9-27-19(31)17(39-23(27)37)18-20(32)28(24(38)40-18)10-16(30)26-14-7-3-12(4-8-14)22(35)36/h1-8H,9-10H2,(H,25,29)(H,26,30)(H,33,34)(H,35,36). The average molecular weight is 617 g/mol. The van der Waals surface area contributed by atoms with Crippen LogP contribution in [0.1, 0.15) is 20.7 Å². The number of thioether (sulfide) groups is 2. The number of thiocarbonyl (C=S) groups is 2. The zero-order valence-electron chi connectivity index (χ0n) is 19.9. The SMILES string of the molecule is O=C(CN1C(=O)C(=C2SC(=S)N(CC(=O)Nc3ccc(C(=O)O)cc3)C2=O)SC1=S)Nc1ccc(C(=O)O)cc1. The van der Waals surface area contributed by atoms with Crippen LogP contribution in [0.3, 0.4) is 0 Å². The first kappa shape index (κ1) is 28.9. The van der Waals surface area contributed by atoms with Crippen LogP contribution in [0.2, 0.25) is 0 Å². The van der Waals surface area contributed by atoms with E-state index in [4.69, 9.17) is 34.6 Å². The van der Waals surface area contributed by atoms with Crippen molar-refractivity contribution in [3.05, 3.63) is 69.5 Å². The van der Waals surface area contributed by atoms with Crippen molar-refractivity contribution >= 4 is 104 Å². The molecule has 0 saturated carbocycles. The van der Waals surface area contributed by atoms with Crippen molar-refractivity contribution in [1.82, 2.24) is 9.80 Å². The molecular formula is C24H16N4O8S4. The summed E-state index contributed by atoms with van der Waals surface area (Å²) in [4.78, 5) is 75.1.